The molecule has 0 aliphatic carbocycles. The summed E-state index contributed by atoms with van der Waals surface area (Å²) >= 11 is -1.01. The van der Waals surface area contributed by atoms with Gasteiger partial charge in [0.15, 0.2) is 0 Å². The minimum absolute atomic E-state index is 0.151. The molecule has 1 atom stereocenters. The Hall–Kier alpha value is -0.840. The van der Waals surface area contributed by atoms with E-state index in [1.165, 1.54) is 0 Å². The molecule has 0 amide bonds. The first kappa shape index (κ1) is 14.2. The van der Waals surface area contributed by atoms with Crippen LogP contribution in [0.2, 0.25) is 0 Å². The SMILES string of the molecule is [3H][I-]SC(=O)CCC(=O)O[C@@H](CC(=O)O)C(=O)O. The molecule has 0 aromatic rings. The topological polar surface area (TPSA) is 118 Å². The van der Waals surface area contributed by atoms with Crippen molar-refractivity contribution in [3.63, 3.8) is 0 Å². The van der Waals surface area contributed by atoms with Crippen LogP contribution < -0.4 is 21.0 Å². The maximum atomic E-state index is 11.2. The van der Waals surface area contributed by atoms with Crippen molar-refractivity contribution in [2.45, 2.75) is 25.4 Å². The zero-order valence-electron chi connectivity index (χ0n) is 9.42. The Morgan fingerprint density at radius 2 is 1.94 bits per heavy atom. The van der Waals surface area contributed by atoms with Gasteiger partial charge in [-0.2, -0.15) is 0 Å². The number of hydrogen-bond donors (Lipinski definition) is 2. The number of carbonyl (C=O) groups is 4. The van der Waals surface area contributed by atoms with Crippen LogP contribution >= 0.6 is 8.93 Å². The molecule has 0 aliphatic rings. The van der Waals surface area contributed by atoms with Gasteiger partial charge in [-0.15, -0.1) is 0 Å². The van der Waals surface area contributed by atoms with Gasteiger partial charge in [0.25, 0.3) is 0 Å². The summed E-state index contributed by atoms with van der Waals surface area (Å²) in [5.74, 6) is -3.90. The molecule has 0 aromatic heterocycles. The van der Waals surface area contributed by atoms with Crippen molar-refractivity contribution in [2.75, 3.05) is 0 Å². The second-order valence-electron chi connectivity index (χ2n) is 2.86. The molecule has 0 bridgehead atoms. The van der Waals surface area contributed by atoms with Crippen LogP contribution in [-0.2, 0) is 23.9 Å². The van der Waals surface area contributed by atoms with Crippen LogP contribution in [0.25, 0.3) is 0 Å². The number of aliphatic carboxylic acids is 2. The van der Waals surface area contributed by atoms with Crippen molar-refractivity contribution in [3.8, 4) is 0 Å². The van der Waals surface area contributed by atoms with Gasteiger partial charge in [-0.1, -0.05) is 0 Å². The predicted octanol–water partition coefficient (Wildman–Crippen LogP) is -3.30. The standard InChI is InChI=1S/C8H10IO7S/c9-17-7(13)2-1-6(12)16-4(8(14)15)3-5(10)11/h4,9H,1-3H2,(H,10,11)(H,14,15)/q-1/t4-/m0/s1/i9T. The summed E-state index contributed by atoms with van der Waals surface area (Å²) in [6, 6.07) is 0. The van der Waals surface area contributed by atoms with Crippen LogP contribution in [0.15, 0.2) is 0 Å². The van der Waals surface area contributed by atoms with Gasteiger partial charge in [0, 0.05) is 0 Å². The minimum atomic E-state index is -1.75. The van der Waals surface area contributed by atoms with Crippen molar-refractivity contribution >= 4 is 32.0 Å². The molecule has 7 nitrogen and oxygen atoms in total. The van der Waals surface area contributed by atoms with E-state index in [9.17, 15) is 19.2 Å². The van der Waals surface area contributed by atoms with E-state index < -0.39 is 51.4 Å². The first-order valence-electron chi connectivity index (χ1n) is 4.70. The summed E-state index contributed by atoms with van der Waals surface area (Å²) in [7, 11) is 0.829. The van der Waals surface area contributed by atoms with E-state index in [0.717, 1.165) is 8.93 Å². The molecule has 0 aliphatic heterocycles. The summed E-state index contributed by atoms with van der Waals surface area (Å²) in [4.78, 5) is 43.1. The zero-order chi connectivity index (χ0) is 14.1. The molecular weight excluding hydrogens is 367 g/mol. The third kappa shape index (κ3) is 7.96. The second-order valence-corrected chi connectivity index (χ2v) is 4.79. The first-order valence-corrected chi connectivity index (χ1v) is 7.68. The molecule has 17 heavy (non-hydrogen) atoms. The number of carboxylic acid groups (broad SMARTS) is 2. The summed E-state index contributed by atoms with van der Waals surface area (Å²) in [6.07, 6.45) is -3.05. The molecule has 0 radical (unpaired) electrons. The second kappa shape index (κ2) is 8.28. The predicted molar refractivity (Wildman–Crippen MR) is 53.0 cm³/mol. The van der Waals surface area contributed by atoms with Crippen LogP contribution in [0.1, 0.15) is 19.3 Å². The third-order valence-electron chi connectivity index (χ3n) is 1.53. The molecule has 98 valence electrons. The van der Waals surface area contributed by atoms with E-state index in [2.05, 4.69) is 4.74 Å². The van der Waals surface area contributed by atoms with E-state index >= 15 is 0 Å². The van der Waals surface area contributed by atoms with E-state index in [1.807, 2.05) is 0 Å². The Morgan fingerprint density at radius 3 is 2.41 bits per heavy atom. The fraction of sp³-hybridized carbons (Fsp3) is 0.500. The molecule has 2 N–H and O–H groups in total. The van der Waals surface area contributed by atoms with Gasteiger partial charge in [-0.05, 0) is 0 Å². The van der Waals surface area contributed by atoms with Crippen LogP contribution in [0, 0.1) is 0 Å². The molecule has 0 aromatic carbocycles. The Morgan fingerprint density at radius 1 is 1.29 bits per heavy atom. The van der Waals surface area contributed by atoms with E-state index in [-0.39, 0.29) is 18.0 Å². The van der Waals surface area contributed by atoms with E-state index in [1.54, 1.807) is 0 Å². The molecule has 0 rings (SSSR count). The van der Waals surface area contributed by atoms with E-state index in [0.29, 0.717) is 0 Å². The number of carboxylic acids is 2. The molecule has 0 fully saturated rings. The molecule has 0 saturated heterocycles. The molecule has 0 unspecified atom stereocenters. The number of esters is 1. The Bertz CT molecular complexity index is 348. The van der Waals surface area contributed by atoms with Crippen molar-refractivity contribution in [2.24, 2.45) is 0 Å². The Labute approximate surface area is 113 Å². The zero-order valence-corrected chi connectivity index (χ0v) is 11.4. The summed E-state index contributed by atoms with van der Waals surface area (Å²) in [5, 5.41) is 16.7. The molecular formula is C8H10IO7S-. The Kier molecular flexibility index (Phi) is 6.93. The van der Waals surface area contributed by atoms with E-state index in [4.69, 9.17) is 10.8 Å². The third-order valence-corrected chi connectivity index (χ3v) is 3.38. The van der Waals surface area contributed by atoms with Gasteiger partial charge < -0.3 is 0 Å². The number of ether oxygens (including phenoxy) is 1. The van der Waals surface area contributed by atoms with Gasteiger partial charge in [0.05, 0.1) is 0 Å². The molecule has 9 heteroatoms. The monoisotopic (exact) mass is 379 g/mol. The normalized spacial score (nSPS) is 12.6. The van der Waals surface area contributed by atoms with Gasteiger partial charge in [-0.3, -0.25) is 0 Å². The van der Waals surface area contributed by atoms with Crippen LogP contribution in [0.3, 0.4) is 0 Å². The van der Waals surface area contributed by atoms with Crippen molar-refractivity contribution in [1.82, 2.24) is 0 Å². The van der Waals surface area contributed by atoms with Gasteiger partial charge in [0.2, 0.25) is 0 Å². The molecule has 0 saturated carbocycles. The fourth-order valence-electron chi connectivity index (χ4n) is 0.798. The summed E-state index contributed by atoms with van der Waals surface area (Å²) in [5.41, 5.74) is 0. The van der Waals surface area contributed by atoms with Crippen LogP contribution in [-0.4, -0.2) is 39.9 Å². The average molecular weight is 379 g/mol. The molecule has 0 heterocycles. The number of carbonyl (C=O) groups excluding carboxylic acids is 2. The number of halogens is 1. The summed E-state index contributed by atoms with van der Waals surface area (Å²) < 4.78 is 11.3. The maximum absolute atomic E-state index is 11.2. The van der Waals surface area contributed by atoms with Gasteiger partial charge in [0.1, 0.15) is 0 Å². The van der Waals surface area contributed by atoms with Gasteiger partial charge >= 0.3 is 113 Å². The van der Waals surface area contributed by atoms with Crippen LogP contribution in [0.5, 0.6) is 0 Å². The van der Waals surface area contributed by atoms with Crippen molar-refractivity contribution in [3.05, 3.63) is 0 Å². The summed E-state index contributed by atoms with van der Waals surface area (Å²) in [6.45, 7) is 0. The molecule has 0 spiro atoms. The average Bonchev–Trinajstić information content (AvgIpc) is 2.25. The van der Waals surface area contributed by atoms with Crippen LogP contribution in [0.4, 0.5) is 0 Å². The van der Waals surface area contributed by atoms with Crippen molar-refractivity contribution < 1.29 is 55.1 Å². The van der Waals surface area contributed by atoms with Gasteiger partial charge in [-0.25, -0.2) is 0 Å². The number of hydrogen-bond acceptors (Lipinski definition) is 6. The number of rotatable bonds is 8. The first-order chi connectivity index (χ1) is 8.36. The quantitative estimate of drug-likeness (QED) is 0.333. The fourth-order valence-corrected chi connectivity index (χ4v) is 1.64. The van der Waals surface area contributed by atoms with Crippen molar-refractivity contribution in [1.29, 1.82) is 0.594 Å². The Balaban J connectivity index is 4.14.